The van der Waals surface area contributed by atoms with Gasteiger partial charge in [0.05, 0.1) is 19.1 Å². The summed E-state index contributed by atoms with van der Waals surface area (Å²) in [4.78, 5) is 53.5. The van der Waals surface area contributed by atoms with Crippen molar-refractivity contribution < 1.29 is 19.2 Å². The monoisotopic (exact) mass is 750 g/mol. The van der Waals surface area contributed by atoms with Crippen molar-refractivity contribution in [3.05, 3.63) is 0 Å². The quantitative estimate of drug-likeness (QED) is 0.0454. The maximum atomic E-state index is 13.6. The Morgan fingerprint density at radius 1 is 0.509 bits per heavy atom. The van der Waals surface area contributed by atoms with E-state index in [4.69, 9.17) is 17.2 Å². The number of ketones is 1. The molecular weight excluding hydrogens is 663 g/mol. The van der Waals surface area contributed by atoms with Gasteiger partial charge in [-0.3, -0.25) is 24.1 Å². The van der Waals surface area contributed by atoms with Gasteiger partial charge in [0.15, 0.2) is 5.78 Å². The Morgan fingerprint density at radius 3 is 1.30 bits per heavy atom. The minimum atomic E-state index is -0.676. The Balaban J connectivity index is 4.90. The van der Waals surface area contributed by atoms with E-state index in [2.05, 4.69) is 19.2 Å². The van der Waals surface area contributed by atoms with Crippen LogP contribution in [0.3, 0.4) is 0 Å². The molecule has 0 saturated carbocycles. The number of unbranched alkanes of at least 4 members (excludes halogenated alkanes) is 26. The van der Waals surface area contributed by atoms with Crippen LogP contribution in [0.2, 0.25) is 0 Å². The van der Waals surface area contributed by atoms with Gasteiger partial charge in [0.2, 0.25) is 17.7 Å². The van der Waals surface area contributed by atoms with Gasteiger partial charge >= 0.3 is 0 Å². The fraction of sp³-hybridized carbons (Fsp3) is 0.909. The molecular formula is C44H87N5O4. The molecule has 0 aliphatic heterocycles. The van der Waals surface area contributed by atoms with Crippen molar-refractivity contribution in [1.29, 1.82) is 0 Å². The number of carbonyl (C=O) groups is 4. The van der Waals surface area contributed by atoms with E-state index in [1.165, 1.54) is 140 Å². The summed E-state index contributed by atoms with van der Waals surface area (Å²) in [6.45, 7) is 4.41. The van der Waals surface area contributed by atoms with Crippen LogP contribution in [-0.2, 0) is 19.2 Å². The summed E-state index contributed by atoms with van der Waals surface area (Å²) >= 11 is 0. The van der Waals surface area contributed by atoms with Crippen molar-refractivity contribution in [2.45, 2.75) is 225 Å². The summed E-state index contributed by atoms with van der Waals surface area (Å²) in [6, 6.07) is -0.676. The predicted octanol–water partition coefficient (Wildman–Crippen LogP) is 9.41. The highest BCUT2D eigenvalue weighted by molar-refractivity contribution is 5.98. The lowest BCUT2D eigenvalue weighted by Gasteiger charge is -2.27. The Kier molecular flexibility index (Phi) is 37.1. The second-order valence-electron chi connectivity index (χ2n) is 15.7. The molecule has 2 unspecified atom stereocenters. The van der Waals surface area contributed by atoms with E-state index in [0.29, 0.717) is 32.2 Å². The molecule has 0 rings (SSSR count). The lowest BCUT2D eigenvalue weighted by Crippen LogP contribution is -2.49. The molecule has 0 aromatic carbocycles. The van der Waals surface area contributed by atoms with E-state index in [9.17, 15) is 19.2 Å². The summed E-state index contributed by atoms with van der Waals surface area (Å²) in [5.74, 6) is -1.89. The van der Waals surface area contributed by atoms with Crippen molar-refractivity contribution in [2.75, 3.05) is 26.2 Å². The molecule has 0 aromatic heterocycles. The Hall–Kier alpha value is -1.84. The third-order valence-electron chi connectivity index (χ3n) is 10.8. The average Bonchev–Trinajstić information content (AvgIpc) is 3.16. The fourth-order valence-electron chi connectivity index (χ4n) is 7.20. The molecule has 312 valence electrons. The van der Waals surface area contributed by atoms with E-state index in [1.54, 1.807) is 0 Å². The number of amides is 3. The summed E-state index contributed by atoms with van der Waals surface area (Å²) in [5, 5.41) is 2.51. The number of nitrogens with zero attached hydrogens (tertiary/aromatic N) is 1. The zero-order chi connectivity index (χ0) is 39.2. The SMILES string of the molecule is CCCCCCCCCCCCCCCCC(=O)N(CC(CCCCCCCCCCCCCCCC)C(=O)C(N)CCCN)C(=O)CNC(=O)CN. The second kappa shape index (κ2) is 38.4. The fourth-order valence-corrected chi connectivity index (χ4v) is 7.20. The second-order valence-corrected chi connectivity index (χ2v) is 15.7. The van der Waals surface area contributed by atoms with E-state index in [1.807, 2.05) is 0 Å². The number of carbonyl (C=O) groups excluding carboxylic acids is 4. The molecule has 0 heterocycles. The highest BCUT2D eigenvalue weighted by Gasteiger charge is 2.30. The molecule has 0 bridgehead atoms. The van der Waals surface area contributed by atoms with Gasteiger partial charge in [-0.1, -0.05) is 187 Å². The minimum Gasteiger partial charge on any atom is -0.346 e. The first-order valence-corrected chi connectivity index (χ1v) is 22.6. The molecule has 0 saturated heterocycles. The van der Waals surface area contributed by atoms with Gasteiger partial charge in [0, 0.05) is 18.9 Å². The molecule has 2 atom stereocenters. The topological polar surface area (TPSA) is 162 Å². The highest BCUT2D eigenvalue weighted by Crippen LogP contribution is 2.20. The summed E-state index contributed by atoms with van der Waals surface area (Å²) in [7, 11) is 0. The molecule has 0 aliphatic carbocycles. The van der Waals surface area contributed by atoms with E-state index in [0.717, 1.165) is 38.5 Å². The van der Waals surface area contributed by atoms with E-state index in [-0.39, 0.29) is 37.7 Å². The van der Waals surface area contributed by atoms with Gasteiger partial charge < -0.3 is 22.5 Å². The molecule has 0 radical (unpaired) electrons. The lowest BCUT2D eigenvalue weighted by atomic mass is 9.90. The van der Waals surface area contributed by atoms with Gasteiger partial charge in [0.1, 0.15) is 0 Å². The smallest absolute Gasteiger partial charge is 0.248 e. The summed E-state index contributed by atoms with van der Waals surface area (Å²) in [5.41, 5.74) is 17.5. The van der Waals surface area contributed by atoms with Gasteiger partial charge in [0.25, 0.3) is 0 Å². The third kappa shape index (κ3) is 31.1. The molecule has 9 heteroatoms. The minimum absolute atomic E-state index is 0.00235. The average molecular weight is 750 g/mol. The summed E-state index contributed by atoms with van der Waals surface area (Å²) in [6.07, 6.45) is 36.5. The van der Waals surface area contributed by atoms with Crippen LogP contribution in [0.25, 0.3) is 0 Å². The van der Waals surface area contributed by atoms with Gasteiger partial charge in [-0.05, 0) is 32.2 Å². The zero-order valence-electron chi connectivity index (χ0n) is 34.9. The van der Waals surface area contributed by atoms with E-state index < -0.39 is 23.8 Å². The molecule has 7 N–H and O–H groups in total. The Labute approximate surface area is 326 Å². The van der Waals surface area contributed by atoms with Gasteiger partial charge in [-0.2, -0.15) is 0 Å². The number of imide groups is 1. The normalized spacial score (nSPS) is 12.5. The van der Waals surface area contributed by atoms with Crippen LogP contribution in [0.4, 0.5) is 0 Å². The Bertz CT molecular complexity index is 886. The summed E-state index contributed by atoms with van der Waals surface area (Å²) < 4.78 is 0. The molecule has 53 heavy (non-hydrogen) atoms. The first-order chi connectivity index (χ1) is 25.8. The van der Waals surface area contributed by atoms with Crippen molar-refractivity contribution >= 4 is 23.5 Å². The molecule has 0 aliphatic rings. The van der Waals surface area contributed by atoms with Crippen LogP contribution in [0.5, 0.6) is 0 Å². The number of nitrogens with one attached hydrogen (secondary N) is 1. The number of Topliss-reactive ketones (excluding diaryl/α,β-unsaturated/α-hetero) is 1. The molecule has 0 fully saturated rings. The first-order valence-electron chi connectivity index (χ1n) is 22.6. The van der Waals surface area contributed by atoms with Crippen LogP contribution >= 0.6 is 0 Å². The third-order valence-corrected chi connectivity index (χ3v) is 10.8. The molecule has 3 amide bonds. The van der Waals surface area contributed by atoms with Crippen LogP contribution < -0.4 is 22.5 Å². The van der Waals surface area contributed by atoms with Crippen LogP contribution in [0, 0.1) is 5.92 Å². The maximum absolute atomic E-state index is 13.6. The van der Waals surface area contributed by atoms with Crippen molar-refractivity contribution in [3.63, 3.8) is 0 Å². The van der Waals surface area contributed by atoms with Crippen LogP contribution in [-0.4, -0.2) is 60.6 Å². The predicted molar refractivity (Wildman–Crippen MR) is 223 cm³/mol. The number of hydrogen-bond acceptors (Lipinski definition) is 7. The standard InChI is InChI=1S/C44H87N5O4/c1-3-5-7-9-11-13-15-17-19-21-23-25-27-29-32-39(44(53)40(47)33-31-35-45)38-49(43(52)37-48-41(50)36-46)42(51)34-30-28-26-24-22-20-18-16-14-12-10-8-6-4-2/h39-40H,3-38,45-47H2,1-2H3,(H,48,50). The zero-order valence-corrected chi connectivity index (χ0v) is 34.9. The van der Waals surface area contributed by atoms with Crippen molar-refractivity contribution in [2.24, 2.45) is 23.1 Å². The van der Waals surface area contributed by atoms with Gasteiger partial charge in [-0.25, -0.2) is 0 Å². The lowest BCUT2D eigenvalue weighted by molar-refractivity contribution is -0.146. The van der Waals surface area contributed by atoms with Crippen LogP contribution in [0.15, 0.2) is 0 Å². The first kappa shape index (κ1) is 51.2. The van der Waals surface area contributed by atoms with Crippen molar-refractivity contribution in [3.8, 4) is 0 Å². The molecule has 0 spiro atoms. The number of rotatable bonds is 40. The highest BCUT2D eigenvalue weighted by atomic mass is 16.2. The number of hydrogen-bond donors (Lipinski definition) is 4. The van der Waals surface area contributed by atoms with Gasteiger partial charge in [-0.15, -0.1) is 0 Å². The largest absolute Gasteiger partial charge is 0.346 e. The van der Waals surface area contributed by atoms with E-state index >= 15 is 0 Å². The van der Waals surface area contributed by atoms with Crippen LogP contribution in [0.1, 0.15) is 219 Å². The maximum Gasteiger partial charge on any atom is 0.248 e. The number of nitrogens with two attached hydrogens (primary N) is 3. The van der Waals surface area contributed by atoms with Crippen molar-refractivity contribution in [1.82, 2.24) is 10.2 Å². The molecule has 0 aromatic rings. The Morgan fingerprint density at radius 2 is 0.906 bits per heavy atom. The molecule has 9 nitrogen and oxygen atoms in total.